The first kappa shape index (κ1) is 27.1. The van der Waals surface area contributed by atoms with Crippen molar-refractivity contribution in [1.82, 2.24) is 19.9 Å². The van der Waals surface area contributed by atoms with Crippen molar-refractivity contribution >= 4 is 43.6 Å². The average molecular weight is 581 g/mol. The van der Waals surface area contributed by atoms with Crippen LogP contribution in [-0.4, -0.2) is 19.9 Å². The van der Waals surface area contributed by atoms with Crippen LogP contribution < -0.4 is 0 Å². The summed E-state index contributed by atoms with van der Waals surface area (Å²) in [4.78, 5) is 20.5. The summed E-state index contributed by atoms with van der Waals surface area (Å²) in [6.45, 7) is 8.50. The molecule has 8 aromatic rings. The summed E-state index contributed by atoms with van der Waals surface area (Å²) in [5, 5.41) is 4.60. The predicted molar refractivity (Wildman–Crippen MR) is 187 cm³/mol. The normalized spacial score (nSPS) is 11.6. The Hall–Kier alpha value is -5.48. The van der Waals surface area contributed by atoms with E-state index in [4.69, 9.17) is 19.9 Å². The van der Waals surface area contributed by atoms with Crippen LogP contribution in [0, 0.1) is 27.7 Å². The molecule has 45 heavy (non-hydrogen) atoms. The van der Waals surface area contributed by atoms with Crippen molar-refractivity contribution < 1.29 is 0 Å². The van der Waals surface area contributed by atoms with Gasteiger partial charge in [-0.2, -0.15) is 0 Å². The molecule has 0 spiro atoms. The molecule has 0 saturated heterocycles. The Labute approximate surface area is 262 Å². The van der Waals surface area contributed by atoms with Gasteiger partial charge in [0.05, 0.1) is 44.8 Å². The van der Waals surface area contributed by atoms with E-state index in [2.05, 4.69) is 137 Å². The van der Waals surface area contributed by atoms with Gasteiger partial charge in [-0.15, -0.1) is 0 Å². The molecule has 0 amide bonds. The maximum atomic E-state index is 5.18. The molecule has 0 atom stereocenters. The molecule has 0 aliphatic heterocycles. The molecule has 8 rings (SSSR count). The predicted octanol–water partition coefficient (Wildman–Crippen LogP) is 10.0. The fourth-order valence-corrected chi connectivity index (χ4v) is 6.56. The van der Waals surface area contributed by atoms with Crippen LogP contribution in [-0.2, 0) is 6.42 Å². The number of aryl methyl sites for hydroxylation is 4. The van der Waals surface area contributed by atoms with Crippen molar-refractivity contribution in [2.24, 2.45) is 0 Å². The minimum atomic E-state index is 0.726. The summed E-state index contributed by atoms with van der Waals surface area (Å²) in [6, 6.07) is 38.5. The first-order valence-corrected chi connectivity index (χ1v) is 15.4. The average Bonchev–Trinajstić information content (AvgIpc) is 3.05. The van der Waals surface area contributed by atoms with Crippen LogP contribution in [0.25, 0.3) is 66.4 Å². The van der Waals surface area contributed by atoms with E-state index in [9.17, 15) is 0 Å². The van der Waals surface area contributed by atoms with E-state index in [-0.39, 0.29) is 0 Å². The Balaban J connectivity index is 1.33. The van der Waals surface area contributed by atoms with Gasteiger partial charge in [0.15, 0.2) is 0 Å². The van der Waals surface area contributed by atoms with Crippen LogP contribution in [0.1, 0.15) is 33.4 Å². The lowest BCUT2D eigenvalue weighted by Gasteiger charge is -2.15. The van der Waals surface area contributed by atoms with E-state index in [0.29, 0.717) is 0 Å². The molecule has 4 aromatic heterocycles. The first-order valence-electron chi connectivity index (χ1n) is 15.4. The lowest BCUT2D eigenvalue weighted by molar-refractivity contribution is 1.18. The highest BCUT2D eigenvalue weighted by atomic mass is 14.8. The van der Waals surface area contributed by atoms with Crippen LogP contribution in [0.15, 0.2) is 109 Å². The highest BCUT2D eigenvalue weighted by Gasteiger charge is 2.16. The Bertz CT molecular complexity index is 2290. The zero-order valence-corrected chi connectivity index (χ0v) is 25.9. The van der Waals surface area contributed by atoms with E-state index in [1.165, 1.54) is 11.1 Å². The molecule has 0 unspecified atom stereocenters. The molecule has 0 aliphatic carbocycles. The van der Waals surface area contributed by atoms with Crippen molar-refractivity contribution in [3.63, 3.8) is 0 Å². The highest BCUT2D eigenvalue weighted by Crippen LogP contribution is 2.33. The summed E-state index contributed by atoms with van der Waals surface area (Å²) in [6.07, 6.45) is 0.726. The molecule has 0 bridgehead atoms. The number of fused-ring (bicyclic) bond motifs is 4. The van der Waals surface area contributed by atoms with Gasteiger partial charge in [0.1, 0.15) is 0 Å². The first-order chi connectivity index (χ1) is 21.9. The Kier molecular flexibility index (Phi) is 6.38. The number of rotatable bonds is 4. The smallest absolute Gasteiger partial charge is 0.0897 e. The van der Waals surface area contributed by atoms with Crippen LogP contribution in [0.5, 0.6) is 0 Å². The minimum absolute atomic E-state index is 0.726. The van der Waals surface area contributed by atoms with Crippen molar-refractivity contribution in [2.45, 2.75) is 34.1 Å². The van der Waals surface area contributed by atoms with Gasteiger partial charge in [0.2, 0.25) is 0 Å². The lowest BCUT2D eigenvalue weighted by Crippen LogP contribution is -2.00. The zero-order chi connectivity index (χ0) is 30.7. The summed E-state index contributed by atoms with van der Waals surface area (Å²) < 4.78 is 0. The molecule has 0 N–H and O–H groups in total. The number of benzene rings is 4. The van der Waals surface area contributed by atoms with Gasteiger partial charge in [-0.1, -0.05) is 84.9 Å². The fraction of sp³-hybridized carbons (Fsp3) is 0.122. The van der Waals surface area contributed by atoms with Crippen molar-refractivity contribution in [3.8, 4) is 22.8 Å². The maximum absolute atomic E-state index is 5.18. The monoisotopic (exact) mass is 580 g/mol. The largest absolute Gasteiger partial charge is 0.246 e. The molecule has 4 heteroatoms. The van der Waals surface area contributed by atoms with Crippen LogP contribution >= 0.6 is 0 Å². The molecule has 4 nitrogen and oxygen atoms in total. The fourth-order valence-electron chi connectivity index (χ4n) is 6.56. The SMILES string of the molecule is Cc1cccc2ccc(-c3cc(Cc4cc(-c5ccc6cccc(C)c6n5)nc5c(C)cccc45)c4cccc(C)c4n3)nc12. The summed E-state index contributed by atoms with van der Waals surface area (Å²) in [5.41, 5.74) is 14.7. The van der Waals surface area contributed by atoms with Gasteiger partial charge < -0.3 is 0 Å². The van der Waals surface area contributed by atoms with E-state index in [0.717, 1.165) is 95.1 Å². The molecule has 4 aromatic carbocycles. The summed E-state index contributed by atoms with van der Waals surface area (Å²) >= 11 is 0. The lowest BCUT2D eigenvalue weighted by atomic mass is 9.94. The van der Waals surface area contributed by atoms with Gasteiger partial charge in [0.25, 0.3) is 0 Å². The highest BCUT2D eigenvalue weighted by molar-refractivity contribution is 5.92. The van der Waals surface area contributed by atoms with Crippen LogP contribution in [0.3, 0.4) is 0 Å². The van der Waals surface area contributed by atoms with Gasteiger partial charge in [-0.05, 0) is 91.8 Å². The number of nitrogens with zero attached hydrogens (tertiary/aromatic N) is 4. The topological polar surface area (TPSA) is 51.6 Å². The van der Waals surface area contributed by atoms with E-state index in [1.54, 1.807) is 0 Å². The molecule has 216 valence electrons. The van der Waals surface area contributed by atoms with E-state index >= 15 is 0 Å². The second-order valence-electron chi connectivity index (χ2n) is 12.1. The van der Waals surface area contributed by atoms with Crippen molar-refractivity contribution in [2.75, 3.05) is 0 Å². The van der Waals surface area contributed by atoms with Crippen LogP contribution in [0.4, 0.5) is 0 Å². The second kappa shape index (κ2) is 10.6. The Morgan fingerprint density at radius 1 is 0.378 bits per heavy atom. The van der Waals surface area contributed by atoms with Gasteiger partial charge in [-0.25, -0.2) is 19.9 Å². The molecule has 0 radical (unpaired) electrons. The van der Waals surface area contributed by atoms with Crippen molar-refractivity contribution in [1.29, 1.82) is 0 Å². The maximum Gasteiger partial charge on any atom is 0.0897 e. The molecule has 0 aliphatic rings. The van der Waals surface area contributed by atoms with Gasteiger partial charge in [0, 0.05) is 21.5 Å². The molecule has 0 saturated carbocycles. The minimum Gasteiger partial charge on any atom is -0.246 e. The van der Waals surface area contributed by atoms with Crippen molar-refractivity contribution in [3.05, 3.63) is 143 Å². The molecular weight excluding hydrogens is 548 g/mol. The van der Waals surface area contributed by atoms with Crippen LogP contribution in [0.2, 0.25) is 0 Å². The number of hydrogen-bond donors (Lipinski definition) is 0. The van der Waals surface area contributed by atoms with E-state index in [1.807, 2.05) is 0 Å². The molecule has 4 heterocycles. The van der Waals surface area contributed by atoms with Gasteiger partial charge in [-0.3, -0.25) is 0 Å². The third-order valence-electron chi connectivity index (χ3n) is 9.00. The number of aromatic nitrogens is 4. The standard InChI is InChI=1S/C41H32N4/c1-24-9-5-13-28-17-19-34(42-38(24)28)36-22-30(32-15-7-11-26(3)40(32)44-36)21-31-23-37(45-41-27(4)12-8-16-33(31)41)35-20-18-29-14-6-10-25(2)39(29)43-35/h5-20,22-23H,21H2,1-4H3. The number of hydrogen-bond acceptors (Lipinski definition) is 4. The Morgan fingerprint density at radius 3 is 1.20 bits per heavy atom. The number of pyridine rings is 4. The third-order valence-corrected chi connectivity index (χ3v) is 9.00. The second-order valence-corrected chi connectivity index (χ2v) is 12.1. The molecular formula is C41H32N4. The Morgan fingerprint density at radius 2 is 0.756 bits per heavy atom. The zero-order valence-electron chi connectivity index (χ0n) is 25.9. The number of para-hydroxylation sites is 4. The van der Waals surface area contributed by atoms with E-state index < -0.39 is 0 Å². The molecule has 0 fully saturated rings. The summed E-state index contributed by atoms with van der Waals surface area (Å²) in [5.74, 6) is 0. The third kappa shape index (κ3) is 4.70. The summed E-state index contributed by atoms with van der Waals surface area (Å²) in [7, 11) is 0. The quantitative estimate of drug-likeness (QED) is 0.208. The van der Waals surface area contributed by atoms with Gasteiger partial charge >= 0.3 is 0 Å².